The molecule has 0 saturated carbocycles. The van der Waals surface area contributed by atoms with E-state index in [9.17, 15) is 0 Å². The maximum absolute atomic E-state index is 5.44. The Bertz CT molecular complexity index is 1130. The lowest BCUT2D eigenvalue weighted by molar-refractivity contribution is 0.122. The van der Waals surface area contributed by atoms with Gasteiger partial charge in [0.25, 0.3) is 0 Å². The van der Waals surface area contributed by atoms with Gasteiger partial charge < -0.3 is 15.0 Å². The molecule has 1 N–H and O–H groups in total. The minimum atomic E-state index is 0.554. The molecule has 0 unspecified atom stereocenters. The minimum Gasteiger partial charge on any atom is -0.378 e. The lowest BCUT2D eigenvalue weighted by Gasteiger charge is -2.26. The van der Waals surface area contributed by atoms with Crippen LogP contribution >= 0.6 is 11.3 Å². The number of hydrogen-bond acceptors (Lipinski definition) is 9. The van der Waals surface area contributed by atoms with Crippen molar-refractivity contribution < 1.29 is 4.74 Å². The Labute approximate surface area is 184 Å². The van der Waals surface area contributed by atoms with Crippen LogP contribution in [0.1, 0.15) is 5.69 Å². The standard InChI is InChI=1S/C22H21N7OS/c1-2-7-23-16(4-1)14-25-21-26-15-17(20(28-21)19-5-3-13-31-19)18-6-8-24-22(27-18)29-9-11-30-12-10-29/h1-8,13,15H,9-12,14H2,(H,25,26,28). The van der Waals surface area contributed by atoms with Crippen molar-refractivity contribution in [1.29, 1.82) is 0 Å². The van der Waals surface area contributed by atoms with Crippen LogP contribution < -0.4 is 10.2 Å². The average Bonchev–Trinajstić information content (AvgIpc) is 3.39. The topological polar surface area (TPSA) is 89.0 Å². The highest BCUT2D eigenvalue weighted by Crippen LogP contribution is 2.33. The summed E-state index contributed by atoms with van der Waals surface area (Å²) in [5, 5.41) is 5.31. The zero-order valence-corrected chi connectivity index (χ0v) is 17.6. The second kappa shape index (κ2) is 9.15. The maximum Gasteiger partial charge on any atom is 0.226 e. The highest BCUT2D eigenvalue weighted by atomic mass is 32.1. The Hall–Kier alpha value is -3.43. The monoisotopic (exact) mass is 431 g/mol. The molecule has 0 spiro atoms. The first-order valence-corrected chi connectivity index (χ1v) is 11.0. The van der Waals surface area contributed by atoms with E-state index < -0.39 is 0 Å². The van der Waals surface area contributed by atoms with Crippen LogP contribution in [0.4, 0.5) is 11.9 Å². The van der Waals surface area contributed by atoms with Gasteiger partial charge in [-0.1, -0.05) is 12.1 Å². The number of aromatic nitrogens is 5. The maximum atomic E-state index is 5.44. The van der Waals surface area contributed by atoms with Crippen LogP contribution in [0.25, 0.3) is 21.8 Å². The molecule has 4 aromatic rings. The average molecular weight is 432 g/mol. The van der Waals surface area contributed by atoms with Gasteiger partial charge in [0.2, 0.25) is 11.9 Å². The summed E-state index contributed by atoms with van der Waals surface area (Å²) in [7, 11) is 0. The lowest BCUT2D eigenvalue weighted by Crippen LogP contribution is -2.37. The van der Waals surface area contributed by atoms with Crippen LogP contribution in [0.5, 0.6) is 0 Å². The van der Waals surface area contributed by atoms with E-state index in [0.717, 1.165) is 40.6 Å². The van der Waals surface area contributed by atoms with Gasteiger partial charge >= 0.3 is 0 Å². The Morgan fingerprint density at radius 2 is 1.90 bits per heavy atom. The number of nitrogens with one attached hydrogen (secondary N) is 1. The lowest BCUT2D eigenvalue weighted by atomic mass is 10.1. The van der Waals surface area contributed by atoms with E-state index in [-0.39, 0.29) is 0 Å². The predicted octanol–water partition coefficient (Wildman–Crippen LogP) is 3.51. The van der Waals surface area contributed by atoms with Crippen molar-refractivity contribution in [3.63, 3.8) is 0 Å². The molecule has 1 aliphatic heterocycles. The van der Waals surface area contributed by atoms with E-state index in [0.29, 0.717) is 31.7 Å². The third kappa shape index (κ3) is 4.52. The predicted molar refractivity (Wildman–Crippen MR) is 121 cm³/mol. The first-order valence-electron chi connectivity index (χ1n) is 10.1. The third-order valence-corrected chi connectivity index (χ3v) is 5.79. The van der Waals surface area contributed by atoms with Gasteiger partial charge in [0, 0.05) is 37.2 Å². The van der Waals surface area contributed by atoms with Gasteiger partial charge in [-0.15, -0.1) is 11.3 Å². The molecule has 0 radical (unpaired) electrons. The van der Waals surface area contributed by atoms with Crippen molar-refractivity contribution in [2.45, 2.75) is 6.54 Å². The third-order valence-electron chi connectivity index (χ3n) is 4.91. The van der Waals surface area contributed by atoms with Crippen molar-refractivity contribution in [2.75, 3.05) is 36.5 Å². The summed E-state index contributed by atoms with van der Waals surface area (Å²) in [6, 6.07) is 11.8. The van der Waals surface area contributed by atoms with E-state index in [1.807, 2.05) is 41.9 Å². The summed E-state index contributed by atoms with van der Waals surface area (Å²) >= 11 is 1.64. The minimum absolute atomic E-state index is 0.554. The quantitative estimate of drug-likeness (QED) is 0.496. The van der Waals surface area contributed by atoms with E-state index in [4.69, 9.17) is 14.7 Å². The molecular formula is C22H21N7OS. The van der Waals surface area contributed by atoms with Crippen molar-refractivity contribution in [3.05, 3.63) is 66.1 Å². The summed E-state index contributed by atoms with van der Waals surface area (Å²) in [5.41, 5.74) is 3.46. The van der Waals surface area contributed by atoms with Crippen LogP contribution in [0.2, 0.25) is 0 Å². The van der Waals surface area contributed by atoms with Crippen molar-refractivity contribution in [1.82, 2.24) is 24.9 Å². The molecule has 0 aromatic carbocycles. The normalized spacial score (nSPS) is 13.9. The van der Waals surface area contributed by atoms with Crippen LogP contribution in [-0.4, -0.2) is 51.2 Å². The van der Waals surface area contributed by atoms with Crippen molar-refractivity contribution in [3.8, 4) is 21.8 Å². The first kappa shape index (κ1) is 19.5. The zero-order valence-electron chi connectivity index (χ0n) is 16.8. The smallest absolute Gasteiger partial charge is 0.226 e. The van der Waals surface area contributed by atoms with Gasteiger partial charge in [-0.05, 0) is 29.6 Å². The summed E-state index contributed by atoms with van der Waals surface area (Å²) in [6.45, 7) is 3.50. The fourth-order valence-corrected chi connectivity index (χ4v) is 4.07. The fraction of sp³-hybridized carbons (Fsp3) is 0.227. The summed E-state index contributed by atoms with van der Waals surface area (Å²) in [4.78, 5) is 26.2. The van der Waals surface area contributed by atoms with Crippen molar-refractivity contribution >= 4 is 23.2 Å². The fourth-order valence-electron chi connectivity index (χ4n) is 3.34. The van der Waals surface area contributed by atoms with Crippen LogP contribution in [0.3, 0.4) is 0 Å². The molecule has 4 aromatic heterocycles. The number of pyridine rings is 1. The number of anilines is 2. The van der Waals surface area contributed by atoms with Crippen LogP contribution in [0, 0.1) is 0 Å². The van der Waals surface area contributed by atoms with Gasteiger partial charge in [-0.25, -0.2) is 19.9 Å². The second-order valence-corrected chi connectivity index (χ2v) is 7.90. The molecule has 1 saturated heterocycles. The molecule has 0 bridgehead atoms. The van der Waals surface area contributed by atoms with Gasteiger partial charge in [-0.3, -0.25) is 4.98 Å². The summed E-state index contributed by atoms with van der Waals surface area (Å²) < 4.78 is 5.44. The number of nitrogens with zero attached hydrogens (tertiary/aromatic N) is 6. The molecule has 9 heteroatoms. The zero-order chi connectivity index (χ0) is 20.9. The second-order valence-electron chi connectivity index (χ2n) is 6.95. The van der Waals surface area contributed by atoms with Crippen LogP contribution in [-0.2, 0) is 11.3 Å². The Balaban J connectivity index is 1.47. The molecule has 0 aliphatic carbocycles. The number of rotatable bonds is 6. The van der Waals surface area contributed by atoms with Crippen molar-refractivity contribution in [2.24, 2.45) is 0 Å². The molecule has 0 amide bonds. The number of morpholine rings is 1. The Morgan fingerprint density at radius 1 is 0.968 bits per heavy atom. The molecule has 1 aliphatic rings. The van der Waals surface area contributed by atoms with E-state index in [1.54, 1.807) is 23.7 Å². The SMILES string of the molecule is c1ccc(CNc2ncc(-c3ccnc(N4CCOCC4)n3)c(-c3cccs3)n2)nc1. The molecule has 8 nitrogen and oxygen atoms in total. The molecular weight excluding hydrogens is 410 g/mol. The van der Waals surface area contributed by atoms with Gasteiger partial charge in [0.1, 0.15) is 0 Å². The van der Waals surface area contributed by atoms with Crippen LogP contribution in [0.15, 0.2) is 60.4 Å². The van der Waals surface area contributed by atoms with Gasteiger partial charge in [0.15, 0.2) is 0 Å². The van der Waals surface area contributed by atoms with E-state index in [1.165, 1.54) is 0 Å². The first-order chi connectivity index (χ1) is 15.4. The highest BCUT2D eigenvalue weighted by Gasteiger charge is 2.18. The molecule has 5 rings (SSSR count). The summed E-state index contributed by atoms with van der Waals surface area (Å²) in [5.74, 6) is 1.26. The number of ether oxygens (including phenoxy) is 1. The molecule has 5 heterocycles. The summed E-state index contributed by atoms with van der Waals surface area (Å²) in [6.07, 6.45) is 5.39. The Kier molecular flexibility index (Phi) is 5.76. The van der Waals surface area contributed by atoms with E-state index in [2.05, 4.69) is 31.2 Å². The molecule has 1 fully saturated rings. The van der Waals surface area contributed by atoms with Gasteiger partial charge in [-0.2, -0.15) is 0 Å². The molecule has 0 atom stereocenters. The van der Waals surface area contributed by atoms with E-state index >= 15 is 0 Å². The Morgan fingerprint density at radius 3 is 2.71 bits per heavy atom. The molecule has 31 heavy (non-hydrogen) atoms. The highest BCUT2D eigenvalue weighted by molar-refractivity contribution is 7.13. The molecule has 156 valence electrons. The number of thiophene rings is 1. The van der Waals surface area contributed by atoms with Gasteiger partial charge in [0.05, 0.1) is 41.7 Å². The number of hydrogen-bond donors (Lipinski definition) is 1. The largest absolute Gasteiger partial charge is 0.378 e.